The number of aliphatic hydroxyl groups is 1. The van der Waals surface area contributed by atoms with Gasteiger partial charge < -0.3 is 21.3 Å². The molecule has 0 heterocycles. The normalized spacial score (nSPS) is 14.7. The third-order valence-corrected chi connectivity index (χ3v) is 4.10. The number of nitrogens with one attached hydrogen (secondary N) is 1. The lowest BCUT2D eigenvalue weighted by Crippen LogP contribution is -2.49. The van der Waals surface area contributed by atoms with E-state index in [0.717, 1.165) is 0 Å². The molecule has 0 aliphatic heterocycles. The number of aliphatic carboxylic acids is 1. The van der Waals surface area contributed by atoms with Crippen LogP contribution in [0.1, 0.15) is 22.7 Å². The number of nitrogens with two attached hydrogens (primary N) is 1. The average molecular weight is 414 g/mol. The summed E-state index contributed by atoms with van der Waals surface area (Å²) >= 11 is 0. The highest BCUT2D eigenvalue weighted by molar-refractivity contribution is 5.87. The summed E-state index contributed by atoms with van der Waals surface area (Å²) in [5, 5.41) is 21.3. The van der Waals surface area contributed by atoms with Gasteiger partial charge in [-0.05, 0) is 35.7 Å². The van der Waals surface area contributed by atoms with Gasteiger partial charge in [-0.2, -0.15) is 13.2 Å². The fourth-order valence-corrected chi connectivity index (χ4v) is 2.65. The zero-order valence-corrected chi connectivity index (χ0v) is 14.9. The average Bonchev–Trinajstić information content (AvgIpc) is 2.64. The Morgan fingerprint density at radius 1 is 1.10 bits per heavy atom. The van der Waals surface area contributed by atoms with Crippen molar-refractivity contribution in [3.05, 3.63) is 71.0 Å². The maximum absolute atomic E-state index is 13.6. The molecule has 0 aliphatic carbocycles. The molecule has 0 saturated heterocycles. The summed E-state index contributed by atoms with van der Waals surface area (Å²) in [6.45, 7) is 0. The van der Waals surface area contributed by atoms with Crippen LogP contribution < -0.4 is 11.1 Å². The number of hydrogen-bond donors (Lipinski definition) is 4. The summed E-state index contributed by atoms with van der Waals surface area (Å²) in [7, 11) is 0. The fourth-order valence-electron chi connectivity index (χ4n) is 2.65. The van der Waals surface area contributed by atoms with Crippen LogP contribution in [0, 0.1) is 5.82 Å². The van der Waals surface area contributed by atoms with Crippen LogP contribution in [0.3, 0.4) is 0 Å². The molecule has 2 aromatic carbocycles. The van der Waals surface area contributed by atoms with Crippen molar-refractivity contribution in [3.63, 3.8) is 0 Å². The Morgan fingerprint density at radius 2 is 1.72 bits per heavy atom. The highest BCUT2D eigenvalue weighted by atomic mass is 19.4. The first-order chi connectivity index (χ1) is 13.5. The van der Waals surface area contributed by atoms with Gasteiger partial charge in [0, 0.05) is 6.04 Å². The van der Waals surface area contributed by atoms with E-state index in [1.807, 2.05) is 5.32 Å². The highest BCUT2D eigenvalue weighted by Gasteiger charge is 2.34. The molecule has 2 rings (SSSR count). The lowest BCUT2D eigenvalue weighted by atomic mass is 10.00. The Morgan fingerprint density at radius 3 is 2.28 bits per heavy atom. The molecule has 156 valence electrons. The van der Waals surface area contributed by atoms with Gasteiger partial charge in [0.15, 0.2) is 6.04 Å². The quantitative estimate of drug-likeness (QED) is 0.518. The lowest BCUT2D eigenvalue weighted by molar-refractivity contribution is -0.144. The molecule has 5 N–H and O–H groups in total. The summed E-state index contributed by atoms with van der Waals surface area (Å²) in [5.74, 6) is -4.27. The van der Waals surface area contributed by atoms with E-state index in [1.165, 1.54) is 0 Å². The number of aliphatic hydroxyl groups excluding tert-OH is 1. The molecule has 3 atom stereocenters. The number of rotatable bonds is 7. The van der Waals surface area contributed by atoms with E-state index in [9.17, 15) is 37.4 Å². The number of halogens is 4. The van der Waals surface area contributed by atoms with Crippen molar-refractivity contribution >= 4 is 11.9 Å². The Labute approximate surface area is 163 Å². The molecule has 0 aliphatic rings. The van der Waals surface area contributed by atoms with Crippen LogP contribution in [-0.2, 0) is 22.2 Å². The van der Waals surface area contributed by atoms with Crippen molar-refractivity contribution in [1.82, 2.24) is 5.32 Å². The van der Waals surface area contributed by atoms with Crippen LogP contribution in [0.4, 0.5) is 17.6 Å². The second-order valence-corrected chi connectivity index (χ2v) is 6.35. The first-order valence-electron chi connectivity index (χ1n) is 8.37. The second-order valence-electron chi connectivity index (χ2n) is 6.35. The summed E-state index contributed by atoms with van der Waals surface area (Å²) < 4.78 is 52.1. The minimum Gasteiger partial charge on any atom is -0.479 e. The van der Waals surface area contributed by atoms with Gasteiger partial charge in [-0.15, -0.1) is 0 Å². The SMILES string of the molecule is N[C@H](Cc1ccccc1)[C@H](O)C(=O)NC(C(=O)O)c1cc(F)cc(C(F)(F)F)c1. The van der Waals surface area contributed by atoms with Gasteiger partial charge >= 0.3 is 12.1 Å². The molecule has 29 heavy (non-hydrogen) atoms. The molecule has 1 unspecified atom stereocenters. The fraction of sp³-hybridized carbons (Fsp3) is 0.263. The van der Waals surface area contributed by atoms with Gasteiger partial charge in [0.05, 0.1) is 5.56 Å². The summed E-state index contributed by atoms with van der Waals surface area (Å²) in [4.78, 5) is 23.7. The largest absolute Gasteiger partial charge is 0.479 e. The first kappa shape index (κ1) is 22.3. The molecule has 6 nitrogen and oxygen atoms in total. The number of carboxylic acid groups (broad SMARTS) is 1. The third kappa shape index (κ3) is 6.00. The number of carbonyl (C=O) groups is 2. The second kappa shape index (κ2) is 9.01. The zero-order chi connectivity index (χ0) is 21.8. The predicted molar refractivity (Wildman–Crippen MR) is 94.0 cm³/mol. The number of alkyl halides is 3. The van der Waals surface area contributed by atoms with Gasteiger partial charge in [0.25, 0.3) is 5.91 Å². The molecule has 10 heteroatoms. The Bertz CT molecular complexity index is 874. The first-order valence-corrected chi connectivity index (χ1v) is 8.37. The van der Waals surface area contributed by atoms with Crippen molar-refractivity contribution in [2.45, 2.75) is 30.8 Å². The minimum atomic E-state index is -4.92. The molecule has 0 radical (unpaired) electrons. The van der Waals surface area contributed by atoms with Crippen LogP contribution in [-0.4, -0.2) is 34.2 Å². The summed E-state index contributed by atoms with van der Waals surface area (Å²) in [6.07, 6.45) is -6.67. The third-order valence-electron chi connectivity index (χ3n) is 4.10. The number of benzene rings is 2. The topological polar surface area (TPSA) is 113 Å². The van der Waals surface area contributed by atoms with E-state index >= 15 is 0 Å². The van der Waals surface area contributed by atoms with Crippen molar-refractivity contribution in [3.8, 4) is 0 Å². The van der Waals surface area contributed by atoms with Crippen LogP contribution in [0.25, 0.3) is 0 Å². The maximum atomic E-state index is 13.6. The van der Waals surface area contributed by atoms with Gasteiger partial charge in [-0.25, -0.2) is 9.18 Å². The van der Waals surface area contributed by atoms with Gasteiger partial charge in [-0.3, -0.25) is 4.79 Å². The monoisotopic (exact) mass is 414 g/mol. The highest BCUT2D eigenvalue weighted by Crippen LogP contribution is 2.31. The summed E-state index contributed by atoms with van der Waals surface area (Å²) in [5.41, 5.74) is 4.44. The Hall–Kier alpha value is -2.98. The number of hydrogen-bond acceptors (Lipinski definition) is 4. The zero-order valence-electron chi connectivity index (χ0n) is 14.9. The van der Waals surface area contributed by atoms with Gasteiger partial charge in [-0.1, -0.05) is 30.3 Å². The summed E-state index contributed by atoms with van der Waals surface area (Å²) in [6, 6.07) is 6.66. The maximum Gasteiger partial charge on any atom is 0.416 e. The van der Waals surface area contributed by atoms with Crippen LogP contribution in [0.2, 0.25) is 0 Å². The Balaban J connectivity index is 2.19. The van der Waals surface area contributed by atoms with Crippen LogP contribution >= 0.6 is 0 Å². The Kier molecular flexibility index (Phi) is 6.93. The van der Waals surface area contributed by atoms with Crippen LogP contribution in [0.5, 0.6) is 0 Å². The standard InChI is InChI=1S/C19H18F4N2O4/c20-13-8-11(7-12(9-13)19(21,22)23)15(18(28)29)25-17(27)16(26)14(24)6-10-4-2-1-3-5-10/h1-5,7-9,14-16,26H,6,24H2,(H,25,27)(H,28,29)/t14-,15?,16+/m1/s1. The smallest absolute Gasteiger partial charge is 0.416 e. The predicted octanol–water partition coefficient (Wildman–Crippen LogP) is 2.02. The van der Waals surface area contributed by atoms with E-state index in [0.29, 0.717) is 17.7 Å². The lowest BCUT2D eigenvalue weighted by Gasteiger charge is -2.22. The molecular weight excluding hydrogens is 396 g/mol. The van der Waals surface area contributed by atoms with Crippen molar-refractivity contribution < 1.29 is 37.4 Å². The van der Waals surface area contributed by atoms with Crippen molar-refractivity contribution in [2.24, 2.45) is 5.73 Å². The van der Waals surface area contributed by atoms with E-state index < -0.39 is 53.2 Å². The number of carboxylic acids is 1. The number of carbonyl (C=O) groups excluding carboxylic acids is 1. The minimum absolute atomic E-state index is 0.0886. The molecular formula is C19H18F4N2O4. The van der Waals surface area contributed by atoms with E-state index in [4.69, 9.17) is 5.73 Å². The van der Waals surface area contributed by atoms with Gasteiger partial charge in [0.1, 0.15) is 11.9 Å². The van der Waals surface area contributed by atoms with E-state index in [-0.39, 0.29) is 12.5 Å². The molecule has 0 saturated carbocycles. The molecule has 2 aromatic rings. The van der Waals surface area contributed by atoms with Gasteiger partial charge in [0.2, 0.25) is 0 Å². The molecule has 0 spiro atoms. The van der Waals surface area contributed by atoms with E-state index in [2.05, 4.69) is 0 Å². The van der Waals surface area contributed by atoms with E-state index in [1.54, 1.807) is 30.3 Å². The molecule has 1 amide bonds. The van der Waals surface area contributed by atoms with Crippen LogP contribution in [0.15, 0.2) is 48.5 Å². The van der Waals surface area contributed by atoms with Crippen molar-refractivity contribution in [1.29, 1.82) is 0 Å². The number of amides is 1. The molecule has 0 aromatic heterocycles. The molecule has 0 fully saturated rings. The van der Waals surface area contributed by atoms with Crippen molar-refractivity contribution in [2.75, 3.05) is 0 Å². The molecule has 0 bridgehead atoms.